The number of nitrogens with zero attached hydrogens (tertiary/aromatic N) is 1. The second kappa shape index (κ2) is 7.38. The van der Waals surface area contributed by atoms with Crippen LogP contribution in [0.5, 0.6) is 5.75 Å². The van der Waals surface area contributed by atoms with E-state index in [0.29, 0.717) is 19.5 Å². The average molecular weight is 338 g/mol. The number of ether oxygens (including phenoxy) is 1. The highest BCUT2D eigenvalue weighted by molar-refractivity contribution is 5.92. The molecule has 2 aromatic carbocycles. The fourth-order valence-corrected chi connectivity index (χ4v) is 3.21. The molecule has 0 saturated carbocycles. The maximum Gasteiger partial charge on any atom is 0.247 e. The van der Waals surface area contributed by atoms with Gasteiger partial charge in [0.25, 0.3) is 0 Å². The van der Waals surface area contributed by atoms with Crippen molar-refractivity contribution < 1.29 is 14.3 Å². The van der Waals surface area contributed by atoms with Gasteiger partial charge in [-0.2, -0.15) is 0 Å². The summed E-state index contributed by atoms with van der Waals surface area (Å²) in [6.07, 6.45) is 0.353. The first kappa shape index (κ1) is 17.0. The van der Waals surface area contributed by atoms with E-state index < -0.39 is 6.04 Å². The Labute approximate surface area is 147 Å². The van der Waals surface area contributed by atoms with Crippen molar-refractivity contribution in [2.45, 2.75) is 25.9 Å². The first-order chi connectivity index (χ1) is 12.1. The van der Waals surface area contributed by atoms with E-state index in [4.69, 9.17) is 4.74 Å². The molecule has 1 aliphatic heterocycles. The molecule has 0 fully saturated rings. The Balaban J connectivity index is 1.78. The molecule has 25 heavy (non-hydrogen) atoms. The molecular formula is C20H22N2O3. The van der Waals surface area contributed by atoms with Crippen LogP contribution in [0.3, 0.4) is 0 Å². The monoisotopic (exact) mass is 338 g/mol. The van der Waals surface area contributed by atoms with Crippen LogP contribution in [0.25, 0.3) is 0 Å². The third kappa shape index (κ3) is 3.50. The molecule has 0 unspecified atom stereocenters. The summed E-state index contributed by atoms with van der Waals surface area (Å²) in [5, 5.41) is 2.96. The quantitative estimate of drug-likeness (QED) is 0.911. The number of hydrogen-bond acceptors (Lipinski definition) is 3. The molecule has 0 bridgehead atoms. The van der Waals surface area contributed by atoms with Gasteiger partial charge in [0, 0.05) is 13.1 Å². The number of carbonyl (C=O) groups is 2. The topological polar surface area (TPSA) is 58.6 Å². The number of likely N-dealkylation sites (N-methyl/N-ethyl adjacent to an activating group) is 1. The Kier molecular flexibility index (Phi) is 5.03. The summed E-state index contributed by atoms with van der Waals surface area (Å²) in [5.74, 6) is 0.614. The van der Waals surface area contributed by atoms with Crippen molar-refractivity contribution in [3.05, 3.63) is 65.2 Å². The van der Waals surface area contributed by atoms with Gasteiger partial charge in [-0.3, -0.25) is 9.59 Å². The molecule has 0 spiro atoms. The van der Waals surface area contributed by atoms with E-state index in [1.165, 1.54) is 0 Å². The van der Waals surface area contributed by atoms with E-state index in [-0.39, 0.29) is 11.8 Å². The van der Waals surface area contributed by atoms with Gasteiger partial charge < -0.3 is 15.0 Å². The van der Waals surface area contributed by atoms with Crippen molar-refractivity contribution >= 4 is 11.8 Å². The molecule has 1 atom stereocenters. The number of benzene rings is 2. The van der Waals surface area contributed by atoms with Gasteiger partial charge in [0.15, 0.2) is 0 Å². The van der Waals surface area contributed by atoms with Gasteiger partial charge in [0.1, 0.15) is 11.8 Å². The molecule has 5 nitrogen and oxygen atoms in total. The van der Waals surface area contributed by atoms with Crippen LogP contribution < -0.4 is 10.1 Å². The van der Waals surface area contributed by atoms with Crippen LogP contribution in [-0.4, -0.2) is 30.4 Å². The molecule has 2 amide bonds. The number of fused-ring (bicyclic) bond motifs is 1. The van der Waals surface area contributed by atoms with Gasteiger partial charge in [-0.1, -0.05) is 36.4 Å². The molecule has 0 aliphatic carbocycles. The van der Waals surface area contributed by atoms with E-state index in [9.17, 15) is 9.59 Å². The van der Waals surface area contributed by atoms with Crippen LogP contribution in [0.4, 0.5) is 0 Å². The SMILES string of the molecule is CCN1C(=O)Cc2ccccc2[C@H]1C(=O)NCc1ccc(OC)cc1. The number of carbonyl (C=O) groups excluding carboxylic acids is 2. The van der Waals surface area contributed by atoms with Crippen molar-refractivity contribution in [2.75, 3.05) is 13.7 Å². The van der Waals surface area contributed by atoms with Crippen LogP contribution in [0.2, 0.25) is 0 Å². The zero-order chi connectivity index (χ0) is 17.8. The Bertz CT molecular complexity index is 771. The summed E-state index contributed by atoms with van der Waals surface area (Å²) >= 11 is 0. The van der Waals surface area contributed by atoms with Crippen LogP contribution in [-0.2, 0) is 22.6 Å². The highest BCUT2D eigenvalue weighted by Gasteiger charge is 2.35. The summed E-state index contributed by atoms with van der Waals surface area (Å²) in [4.78, 5) is 26.9. The molecule has 1 heterocycles. The van der Waals surface area contributed by atoms with E-state index in [1.807, 2.05) is 55.5 Å². The second-order valence-corrected chi connectivity index (χ2v) is 6.02. The third-order valence-electron chi connectivity index (χ3n) is 4.54. The Hall–Kier alpha value is -2.82. The molecule has 1 N–H and O–H groups in total. The van der Waals surface area contributed by atoms with E-state index in [0.717, 1.165) is 22.4 Å². The fraction of sp³-hybridized carbons (Fsp3) is 0.300. The number of hydrogen-bond donors (Lipinski definition) is 1. The zero-order valence-corrected chi connectivity index (χ0v) is 14.5. The Morgan fingerprint density at radius 2 is 1.92 bits per heavy atom. The minimum atomic E-state index is -0.569. The lowest BCUT2D eigenvalue weighted by Gasteiger charge is -2.35. The standard InChI is InChI=1S/C20H22N2O3/c1-3-22-18(23)12-15-6-4-5-7-17(15)19(22)20(24)21-13-14-8-10-16(25-2)11-9-14/h4-11,19H,3,12-13H2,1-2H3,(H,21,24)/t19-/m0/s1. The van der Waals surface area contributed by atoms with E-state index in [2.05, 4.69) is 5.32 Å². The lowest BCUT2D eigenvalue weighted by atomic mass is 9.91. The molecule has 5 heteroatoms. The number of amides is 2. The second-order valence-electron chi connectivity index (χ2n) is 6.02. The highest BCUT2D eigenvalue weighted by atomic mass is 16.5. The zero-order valence-electron chi connectivity index (χ0n) is 14.5. The van der Waals surface area contributed by atoms with Gasteiger partial charge in [-0.05, 0) is 35.7 Å². The lowest BCUT2D eigenvalue weighted by molar-refractivity contribution is -0.141. The van der Waals surface area contributed by atoms with Crippen LogP contribution in [0.1, 0.15) is 29.7 Å². The summed E-state index contributed by atoms with van der Waals surface area (Å²) in [5.41, 5.74) is 2.82. The molecular weight excluding hydrogens is 316 g/mol. The minimum absolute atomic E-state index is 0.00852. The van der Waals surface area contributed by atoms with Crippen LogP contribution in [0.15, 0.2) is 48.5 Å². The third-order valence-corrected chi connectivity index (χ3v) is 4.54. The van der Waals surface area contributed by atoms with Crippen LogP contribution in [0, 0.1) is 0 Å². The molecule has 3 rings (SSSR count). The van der Waals surface area contributed by atoms with Crippen molar-refractivity contribution in [1.82, 2.24) is 10.2 Å². The first-order valence-corrected chi connectivity index (χ1v) is 8.42. The Morgan fingerprint density at radius 3 is 2.60 bits per heavy atom. The van der Waals surface area contributed by atoms with Crippen molar-refractivity contribution in [3.63, 3.8) is 0 Å². The molecule has 0 radical (unpaired) electrons. The van der Waals surface area contributed by atoms with Crippen molar-refractivity contribution in [3.8, 4) is 5.75 Å². The van der Waals surface area contributed by atoms with Gasteiger partial charge in [-0.25, -0.2) is 0 Å². The lowest BCUT2D eigenvalue weighted by Crippen LogP contribution is -2.47. The highest BCUT2D eigenvalue weighted by Crippen LogP contribution is 2.30. The molecule has 0 saturated heterocycles. The minimum Gasteiger partial charge on any atom is -0.497 e. The molecule has 130 valence electrons. The fourth-order valence-electron chi connectivity index (χ4n) is 3.21. The summed E-state index contributed by atoms with van der Waals surface area (Å²) in [7, 11) is 1.62. The molecule has 1 aliphatic rings. The summed E-state index contributed by atoms with van der Waals surface area (Å²) in [6, 6.07) is 14.6. The van der Waals surface area contributed by atoms with E-state index >= 15 is 0 Å². The maximum atomic E-state index is 12.8. The largest absolute Gasteiger partial charge is 0.497 e. The first-order valence-electron chi connectivity index (χ1n) is 8.42. The van der Waals surface area contributed by atoms with Crippen molar-refractivity contribution in [1.29, 1.82) is 0 Å². The number of rotatable bonds is 5. The molecule has 2 aromatic rings. The van der Waals surface area contributed by atoms with Gasteiger partial charge >= 0.3 is 0 Å². The predicted octanol–water partition coefficient (Wildman–Crippen LogP) is 2.46. The maximum absolute atomic E-state index is 12.8. The smallest absolute Gasteiger partial charge is 0.247 e. The van der Waals surface area contributed by atoms with Crippen molar-refractivity contribution in [2.24, 2.45) is 0 Å². The average Bonchev–Trinajstić information content (AvgIpc) is 2.65. The van der Waals surface area contributed by atoms with Gasteiger partial charge in [0.05, 0.1) is 13.5 Å². The molecule has 0 aromatic heterocycles. The number of methoxy groups -OCH3 is 1. The van der Waals surface area contributed by atoms with Crippen LogP contribution >= 0.6 is 0 Å². The summed E-state index contributed by atoms with van der Waals surface area (Å²) in [6.45, 7) is 2.82. The van der Waals surface area contributed by atoms with E-state index in [1.54, 1.807) is 12.0 Å². The van der Waals surface area contributed by atoms with Gasteiger partial charge in [-0.15, -0.1) is 0 Å². The Morgan fingerprint density at radius 1 is 1.20 bits per heavy atom. The number of nitrogens with one attached hydrogen (secondary N) is 1. The summed E-state index contributed by atoms with van der Waals surface area (Å²) < 4.78 is 5.14. The normalized spacial score (nSPS) is 16.3. The predicted molar refractivity (Wildman–Crippen MR) is 95.1 cm³/mol. The van der Waals surface area contributed by atoms with Gasteiger partial charge in [0.2, 0.25) is 11.8 Å².